The van der Waals surface area contributed by atoms with Crippen LogP contribution in [0.15, 0.2) is 40.6 Å². The molecular formula is C19H23N5O3S2. The molecule has 1 aliphatic rings. The Labute approximate surface area is 173 Å². The zero-order chi connectivity index (χ0) is 20.6. The van der Waals surface area contributed by atoms with E-state index in [1.165, 1.54) is 31.5 Å². The minimum Gasteiger partial charge on any atom is -0.341 e. The maximum absolute atomic E-state index is 13.1. The van der Waals surface area contributed by atoms with Crippen molar-refractivity contribution in [2.45, 2.75) is 11.3 Å². The quantitative estimate of drug-likeness (QED) is 0.682. The standard InChI is InChI=1S/C19H23N5O3S2/c1-22(2)29(26,27)16-8-13-28-17(16)18(25)23-9-5-10-24(12-11-23)19-20-14-6-3-4-7-15(14)21-19/h3-4,6-8,13H,5,9-12H2,1-2H3,(H,20,21). The second kappa shape index (κ2) is 7.77. The number of amides is 1. The van der Waals surface area contributed by atoms with Gasteiger partial charge in [0.05, 0.1) is 11.0 Å². The highest BCUT2D eigenvalue weighted by molar-refractivity contribution is 7.89. The summed E-state index contributed by atoms with van der Waals surface area (Å²) in [6, 6.07) is 9.38. The first-order valence-electron chi connectivity index (χ1n) is 9.37. The molecule has 154 valence electrons. The normalized spacial score (nSPS) is 15.8. The third-order valence-electron chi connectivity index (χ3n) is 5.04. The van der Waals surface area contributed by atoms with Crippen LogP contribution in [0.3, 0.4) is 0 Å². The van der Waals surface area contributed by atoms with E-state index in [4.69, 9.17) is 0 Å². The van der Waals surface area contributed by atoms with Crippen molar-refractivity contribution in [3.8, 4) is 0 Å². The van der Waals surface area contributed by atoms with Crippen LogP contribution in [0.5, 0.6) is 0 Å². The number of anilines is 1. The molecule has 1 fully saturated rings. The third-order valence-corrected chi connectivity index (χ3v) is 7.93. The van der Waals surface area contributed by atoms with Gasteiger partial charge in [0.2, 0.25) is 16.0 Å². The van der Waals surface area contributed by atoms with Crippen molar-refractivity contribution in [1.29, 1.82) is 0 Å². The van der Waals surface area contributed by atoms with Crippen LogP contribution >= 0.6 is 11.3 Å². The SMILES string of the molecule is CN(C)S(=O)(=O)c1ccsc1C(=O)N1CCCN(c2nc3ccccc3[nH]2)CC1. The van der Waals surface area contributed by atoms with Gasteiger partial charge in [-0.1, -0.05) is 12.1 Å². The zero-order valence-corrected chi connectivity index (χ0v) is 18.0. The van der Waals surface area contributed by atoms with E-state index in [2.05, 4.69) is 14.9 Å². The fourth-order valence-corrected chi connectivity index (χ4v) is 5.67. The van der Waals surface area contributed by atoms with Crippen LogP contribution in [0.4, 0.5) is 5.95 Å². The molecule has 1 amide bonds. The minimum atomic E-state index is -3.65. The largest absolute Gasteiger partial charge is 0.341 e. The van der Waals surface area contributed by atoms with Crippen LogP contribution in [0.25, 0.3) is 11.0 Å². The summed E-state index contributed by atoms with van der Waals surface area (Å²) in [5.74, 6) is 0.569. The number of carbonyl (C=O) groups is 1. The number of aromatic nitrogens is 2. The Morgan fingerprint density at radius 1 is 1.14 bits per heavy atom. The smallest absolute Gasteiger partial charge is 0.265 e. The molecule has 29 heavy (non-hydrogen) atoms. The Bertz CT molecular complexity index is 1100. The molecule has 1 saturated heterocycles. The monoisotopic (exact) mass is 433 g/mol. The van der Waals surface area contributed by atoms with Crippen LogP contribution in [-0.2, 0) is 10.0 Å². The second-order valence-corrected chi connectivity index (χ2v) is 10.1. The van der Waals surface area contributed by atoms with E-state index in [-0.39, 0.29) is 15.7 Å². The predicted molar refractivity (Wildman–Crippen MR) is 114 cm³/mol. The fourth-order valence-electron chi connectivity index (χ4n) is 3.42. The molecule has 8 nitrogen and oxygen atoms in total. The van der Waals surface area contributed by atoms with Crippen molar-refractivity contribution >= 4 is 44.2 Å². The molecule has 3 heterocycles. The molecule has 4 rings (SSSR count). The van der Waals surface area contributed by atoms with Crippen LogP contribution in [0.2, 0.25) is 0 Å². The highest BCUT2D eigenvalue weighted by Crippen LogP contribution is 2.26. The maximum atomic E-state index is 13.1. The van der Waals surface area contributed by atoms with Gasteiger partial charge < -0.3 is 14.8 Å². The first-order valence-corrected chi connectivity index (χ1v) is 11.7. The van der Waals surface area contributed by atoms with Crippen LogP contribution < -0.4 is 4.90 Å². The highest BCUT2D eigenvalue weighted by atomic mass is 32.2. The number of para-hydroxylation sites is 2. The lowest BCUT2D eigenvalue weighted by molar-refractivity contribution is 0.0768. The van der Waals surface area contributed by atoms with Gasteiger partial charge in [0.15, 0.2) is 0 Å². The lowest BCUT2D eigenvalue weighted by Gasteiger charge is -2.22. The Balaban J connectivity index is 1.52. The summed E-state index contributed by atoms with van der Waals surface area (Å²) in [5, 5.41) is 1.65. The molecule has 0 saturated carbocycles. The minimum absolute atomic E-state index is 0.0795. The summed E-state index contributed by atoms with van der Waals surface area (Å²) >= 11 is 1.17. The summed E-state index contributed by atoms with van der Waals surface area (Å²) < 4.78 is 26.2. The Morgan fingerprint density at radius 3 is 2.69 bits per heavy atom. The van der Waals surface area contributed by atoms with E-state index < -0.39 is 10.0 Å². The second-order valence-electron chi connectivity index (χ2n) is 7.11. The van der Waals surface area contributed by atoms with Crippen LogP contribution in [-0.4, -0.2) is 73.8 Å². The number of aromatic amines is 1. The number of H-pyrrole nitrogens is 1. The van der Waals surface area contributed by atoms with Gasteiger partial charge in [-0.15, -0.1) is 11.3 Å². The molecule has 0 bridgehead atoms. The first-order chi connectivity index (χ1) is 13.9. The third kappa shape index (κ3) is 3.75. The van der Waals surface area contributed by atoms with Crippen molar-refractivity contribution in [2.24, 2.45) is 0 Å². The molecule has 10 heteroatoms. The van der Waals surface area contributed by atoms with Gasteiger partial charge in [-0.25, -0.2) is 17.7 Å². The Hall–Kier alpha value is -2.43. The van der Waals surface area contributed by atoms with Crippen LogP contribution in [0, 0.1) is 0 Å². The van der Waals surface area contributed by atoms with E-state index >= 15 is 0 Å². The van der Waals surface area contributed by atoms with Gasteiger partial charge in [0.1, 0.15) is 9.77 Å². The lowest BCUT2D eigenvalue weighted by atomic mass is 10.3. The van der Waals surface area contributed by atoms with E-state index in [0.717, 1.165) is 34.3 Å². The van der Waals surface area contributed by atoms with Gasteiger partial charge in [-0.3, -0.25) is 4.79 Å². The number of sulfonamides is 1. The average molecular weight is 434 g/mol. The van der Waals surface area contributed by atoms with E-state index in [1.807, 2.05) is 24.3 Å². The number of carbonyl (C=O) groups excluding carboxylic acids is 1. The Morgan fingerprint density at radius 2 is 1.93 bits per heavy atom. The summed E-state index contributed by atoms with van der Waals surface area (Å²) in [6.07, 6.45) is 0.782. The molecule has 0 radical (unpaired) electrons. The summed E-state index contributed by atoms with van der Waals surface area (Å²) in [6.45, 7) is 2.49. The molecule has 1 aromatic carbocycles. The summed E-state index contributed by atoms with van der Waals surface area (Å²) in [5.41, 5.74) is 1.90. The van der Waals surface area contributed by atoms with Crippen molar-refractivity contribution in [2.75, 3.05) is 45.2 Å². The van der Waals surface area contributed by atoms with E-state index in [1.54, 1.807) is 10.3 Å². The maximum Gasteiger partial charge on any atom is 0.265 e. The highest BCUT2D eigenvalue weighted by Gasteiger charge is 2.29. The van der Waals surface area contributed by atoms with Gasteiger partial charge in [0, 0.05) is 40.3 Å². The summed E-state index contributed by atoms with van der Waals surface area (Å²) in [4.78, 5) is 25.3. The van der Waals surface area contributed by atoms with Gasteiger partial charge in [-0.2, -0.15) is 0 Å². The number of benzene rings is 1. The van der Waals surface area contributed by atoms with Crippen LogP contribution in [0.1, 0.15) is 16.1 Å². The molecule has 0 spiro atoms. The first kappa shape index (κ1) is 19.9. The average Bonchev–Trinajstić information content (AvgIpc) is 3.29. The predicted octanol–water partition coefficient (Wildman–Crippen LogP) is 2.23. The number of fused-ring (bicyclic) bond motifs is 1. The molecule has 0 unspecified atom stereocenters. The Kier molecular flexibility index (Phi) is 5.32. The number of nitrogens with zero attached hydrogens (tertiary/aromatic N) is 4. The number of hydrogen-bond acceptors (Lipinski definition) is 6. The van der Waals surface area contributed by atoms with Gasteiger partial charge in [0.25, 0.3) is 5.91 Å². The number of imidazole rings is 1. The topological polar surface area (TPSA) is 89.6 Å². The van der Waals surface area contributed by atoms with E-state index in [0.29, 0.717) is 19.6 Å². The van der Waals surface area contributed by atoms with Gasteiger partial charge >= 0.3 is 0 Å². The van der Waals surface area contributed by atoms with Crippen molar-refractivity contribution in [3.63, 3.8) is 0 Å². The molecular weight excluding hydrogens is 410 g/mol. The molecule has 1 aliphatic heterocycles. The molecule has 0 atom stereocenters. The number of nitrogens with one attached hydrogen (secondary N) is 1. The number of thiophene rings is 1. The van der Waals surface area contributed by atoms with Gasteiger partial charge in [-0.05, 0) is 30.0 Å². The zero-order valence-electron chi connectivity index (χ0n) is 16.3. The molecule has 1 N–H and O–H groups in total. The molecule has 0 aliphatic carbocycles. The van der Waals surface area contributed by atoms with E-state index in [9.17, 15) is 13.2 Å². The summed E-state index contributed by atoms with van der Waals surface area (Å²) in [7, 11) is -0.713. The fraction of sp³-hybridized carbons (Fsp3) is 0.368. The molecule has 2 aromatic heterocycles. The van der Waals surface area contributed by atoms with Crippen molar-refractivity contribution in [1.82, 2.24) is 19.2 Å². The molecule has 3 aromatic rings. The van der Waals surface area contributed by atoms with Crippen molar-refractivity contribution < 1.29 is 13.2 Å². The number of hydrogen-bond donors (Lipinski definition) is 1. The van der Waals surface area contributed by atoms with Crippen molar-refractivity contribution in [3.05, 3.63) is 40.6 Å². The lowest BCUT2D eigenvalue weighted by Crippen LogP contribution is -2.36. The number of rotatable bonds is 4.